The van der Waals surface area contributed by atoms with Crippen molar-refractivity contribution in [2.75, 3.05) is 18.6 Å². The van der Waals surface area contributed by atoms with Crippen LogP contribution in [0, 0.1) is 12.7 Å². The summed E-state index contributed by atoms with van der Waals surface area (Å²) in [6.45, 7) is 3.28. The largest absolute Gasteiger partial charge is 0.434 e. The number of anilines is 1. The van der Waals surface area contributed by atoms with Crippen LogP contribution in [-0.2, 0) is 4.84 Å². The van der Waals surface area contributed by atoms with Gasteiger partial charge in [-0.05, 0) is 48.7 Å². The fourth-order valence-corrected chi connectivity index (χ4v) is 3.10. The van der Waals surface area contributed by atoms with Gasteiger partial charge in [0.15, 0.2) is 0 Å². The van der Waals surface area contributed by atoms with Gasteiger partial charge in [0.25, 0.3) is 0 Å². The molecule has 2 aromatic carbocycles. The van der Waals surface area contributed by atoms with Gasteiger partial charge in [-0.25, -0.2) is 14.7 Å². The first-order valence-electron chi connectivity index (χ1n) is 8.48. The van der Waals surface area contributed by atoms with Crippen LogP contribution in [0.15, 0.2) is 48.8 Å². The van der Waals surface area contributed by atoms with Crippen molar-refractivity contribution in [3.8, 4) is 11.1 Å². The number of amides is 1. The first-order valence-corrected chi connectivity index (χ1v) is 8.48. The molecule has 5 nitrogen and oxygen atoms in total. The van der Waals surface area contributed by atoms with Crippen molar-refractivity contribution in [1.29, 1.82) is 0 Å². The molecule has 1 saturated heterocycles. The lowest BCUT2D eigenvalue weighted by Crippen LogP contribution is -2.43. The van der Waals surface area contributed by atoms with Crippen LogP contribution in [0.1, 0.15) is 12.0 Å². The van der Waals surface area contributed by atoms with E-state index in [1.807, 2.05) is 25.1 Å². The number of rotatable bonds is 3. The van der Waals surface area contributed by atoms with Gasteiger partial charge in [-0.15, -0.1) is 0 Å². The Morgan fingerprint density at radius 1 is 1.27 bits per heavy atom. The van der Waals surface area contributed by atoms with Gasteiger partial charge in [-0.3, -0.25) is 4.98 Å². The SMILES string of the molecule is Cc1cccc(F)c1-c1cc(NOC(=O)N2CCC2)c2ccncc2c1. The van der Waals surface area contributed by atoms with E-state index in [1.165, 1.54) is 6.07 Å². The van der Waals surface area contributed by atoms with E-state index < -0.39 is 6.09 Å². The molecule has 0 atom stereocenters. The molecular weight excluding hydrogens is 333 g/mol. The van der Waals surface area contributed by atoms with E-state index in [-0.39, 0.29) is 5.82 Å². The lowest BCUT2D eigenvalue weighted by molar-refractivity contribution is 0.0983. The van der Waals surface area contributed by atoms with Crippen molar-refractivity contribution in [1.82, 2.24) is 9.88 Å². The van der Waals surface area contributed by atoms with Crippen LogP contribution in [0.5, 0.6) is 0 Å². The smallest absolute Gasteiger partial charge is 0.324 e. The van der Waals surface area contributed by atoms with Gasteiger partial charge in [0.1, 0.15) is 5.82 Å². The average Bonchev–Trinajstić information content (AvgIpc) is 2.58. The summed E-state index contributed by atoms with van der Waals surface area (Å²) >= 11 is 0. The highest BCUT2D eigenvalue weighted by Crippen LogP contribution is 2.33. The number of pyridine rings is 1. The Kier molecular flexibility index (Phi) is 4.16. The number of fused-ring (bicyclic) bond motifs is 1. The molecule has 0 radical (unpaired) electrons. The van der Waals surface area contributed by atoms with E-state index in [1.54, 1.807) is 29.4 Å². The number of benzene rings is 2. The molecule has 0 bridgehead atoms. The topological polar surface area (TPSA) is 54.5 Å². The number of likely N-dealkylation sites (tertiary alicyclic amines) is 1. The zero-order valence-corrected chi connectivity index (χ0v) is 14.3. The highest BCUT2D eigenvalue weighted by atomic mass is 19.1. The Balaban J connectivity index is 1.74. The maximum atomic E-state index is 14.4. The fraction of sp³-hybridized carbons (Fsp3) is 0.200. The number of hydrogen-bond acceptors (Lipinski definition) is 4. The molecule has 1 aromatic heterocycles. The van der Waals surface area contributed by atoms with Crippen LogP contribution < -0.4 is 5.48 Å². The minimum absolute atomic E-state index is 0.295. The zero-order valence-electron chi connectivity index (χ0n) is 14.3. The number of carbonyl (C=O) groups excluding carboxylic acids is 1. The van der Waals surface area contributed by atoms with E-state index in [9.17, 15) is 9.18 Å². The van der Waals surface area contributed by atoms with E-state index in [4.69, 9.17) is 4.84 Å². The summed E-state index contributed by atoms with van der Waals surface area (Å²) < 4.78 is 14.4. The lowest BCUT2D eigenvalue weighted by atomic mass is 9.97. The average molecular weight is 351 g/mol. The lowest BCUT2D eigenvalue weighted by Gasteiger charge is -2.29. The minimum atomic E-state index is -0.411. The van der Waals surface area contributed by atoms with Gasteiger partial charge in [0.2, 0.25) is 0 Å². The zero-order chi connectivity index (χ0) is 18.1. The van der Waals surface area contributed by atoms with Gasteiger partial charge in [0, 0.05) is 41.8 Å². The molecule has 1 amide bonds. The summed E-state index contributed by atoms with van der Waals surface area (Å²) in [5.41, 5.74) is 5.39. The Morgan fingerprint density at radius 2 is 2.12 bits per heavy atom. The maximum Gasteiger partial charge on any atom is 0.434 e. The minimum Gasteiger partial charge on any atom is -0.324 e. The maximum absolute atomic E-state index is 14.4. The number of hydrogen-bond donors (Lipinski definition) is 1. The first-order chi connectivity index (χ1) is 12.6. The predicted octanol–water partition coefficient (Wildman–Crippen LogP) is 4.52. The number of nitrogens with zero attached hydrogens (tertiary/aromatic N) is 2. The number of halogens is 1. The molecule has 132 valence electrons. The molecule has 4 rings (SSSR count). The summed E-state index contributed by atoms with van der Waals surface area (Å²) in [7, 11) is 0. The Labute approximate surface area is 150 Å². The van der Waals surface area contributed by atoms with Crippen molar-refractivity contribution in [2.24, 2.45) is 0 Å². The van der Waals surface area contributed by atoms with E-state index in [2.05, 4.69) is 10.5 Å². The summed E-state index contributed by atoms with van der Waals surface area (Å²) in [4.78, 5) is 22.9. The third kappa shape index (κ3) is 2.94. The predicted molar refractivity (Wildman–Crippen MR) is 98.2 cm³/mol. The Bertz CT molecular complexity index is 966. The van der Waals surface area contributed by atoms with Crippen molar-refractivity contribution in [3.63, 3.8) is 0 Å². The molecule has 6 heteroatoms. The molecule has 0 aliphatic carbocycles. The van der Waals surface area contributed by atoms with Crippen molar-refractivity contribution in [3.05, 3.63) is 60.2 Å². The van der Waals surface area contributed by atoms with Crippen molar-refractivity contribution >= 4 is 22.6 Å². The van der Waals surface area contributed by atoms with Crippen LogP contribution in [0.25, 0.3) is 21.9 Å². The van der Waals surface area contributed by atoms with Crippen LogP contribution >= 0.6 is 0 Å². The van der Waals surface area contributed by atoms with Gasteiger partial charge < -0.3 is 9.74 Å². The van der Waals surface area contributed by atoms with E-state index in [0.717, 1.165) is 22.8 Å². The van der Waals surface area contributed by atoms with Crippen LogP contribution in [0.2, 0.25) is 0 Å². The first kappa shape index (κ1) is 16.3. The normalized spacial score (nSPS) is 13.4. The second-order valence-corrected chi connectivity index (χ2v) is 6.36. The van der Waals surface area contributed by atoms with Gasteiger partial charge in [-0.2, -0.15) is 0 Å². The van der Waals surface area contributed by atoms with Gasteiger partial charge in [-0.1, -0.05) is 12.1 Å². The molecule has 1 aliphatic heterocycles. The summed E-state index contributed by atoms with van der Waals surface area (Å²) in [5, 5.41) is 1.67. The van der Waals surface area contributed by atoms with E-state index >= 15 is 0 Å². The number of carbonyl (C=O) groups is 1. The molecular formula is C20H18FN3O2. The summed E-state index contributed by atoms with van der Waals surface area (Å²) in [5.74, 6) is -0.295. The standard InChI is InChI=1S/C20H18FN3O2/c1-13-4-2-5-17(21)19(13)14-10-15-12-22-7-6-16(15)18(11-14)23-26-20(25)24-8-3-9-24/h2,4-7,10-12,23H,3,8-9H2,1H3. The summed E-state index contributed by atoms with van der Waals surface area (Å²) in [6.07, 6.45) is 3.95. The van der Waals surface area contributed by atoms with Gasteiger partial charge in [0.05, 0.1) is 5.69 Å². The molecule has 0 unspecified atom stereocenters. The number of aromatic nitrogens is 1. The molecule has 0 spiro atoms. The molecule has 3 aromatic rings. The Hall–Kier alpha value is -3.15. The molecule has 1 aliphatic rings. The van der Waals surface area contributed by atoms with Crippen LogP contribution in [0.4, 0.5) is 14.9 Å². The second-order valence-electron chi connectivity index (χ2n) is 6.36. The van der Waals surface area contributed by atoms with Crippen LogP contribution in [-0.4, -0.2) is 29.1 Å². The quantitative estimate of drug-likeness (QED) is 0.705. The highest BCUT2D eigenvalue weighted by Gasteiger charge is 2.22. The van der Waals surface area contributed by atoms with E-state index in [0.29, 0.717) is 29.9 Å². The summed E-state index contributed by atoms with van der Waals surface area (Å²) in [6, 6.07) is 10.5. The van der Waals surface area contributed by atoms with Crippen molar-refractivity contribution < 1.29 is 14.0 Å². The molecule has 1 fully saturated rings. The number of aryl methyl sites for hydroxylation is 1. The fourth-order valence-electron chi connectivity index (χ4n) is 3.10. The molecule has 0 saturated carbocycles. The number of nitrogens with one attached hydrogen (secondary N) is 1. The highest BCUT2D eigenvalue weighted by molar-refractivity contribution is 5.97. The van der Waals surface area contributed by atoms with Gasteiger partial charge >= 0.3 is 6.09 Å². The van der Waals surface area contributed by atoms with Crippen LogP contribution in [0.3, 0.4) is 0 Å². The Morgan fingerprint density at radius 3 is 2.85 bits per heavy atom. The molecule has 26 heavy (non-hydrogen) atoms. The third-order valence-electron chi connectivity index (χ3n) is 4.63. The second kappa shape index (κ2) is 6.63. The molecule has 2 heterocycles. The van der Waals surface area contributed by atoms with Crippen molar-refractivity contribution in [2.45, 2.75) is 13.3 Å². The monoisotopic (exact) mass is 351 g/mol. The molecule has 1 N–H and O–H groups in total. The third-order valence-corrected chi connectivity index (χ3v) is 4.63.